The molecule has 0 bridgehead atoms. The number of aryl methyl sites for hydroxylation is 1. The number of amides is 1. The van der Waals surface area contributed by atoms with Crippen LogP contribution in [0.15, 0.2) is 30.6 Å². The number of nitrogens with one attached hydrogen (secondary N) is 1. The Bertz CT molecular complexity index is 1670. The normalized spacial score (nSPS) is 34.9. The van der Waals surface area contributed by atoms with Crippen LogP contribution in [0.3, 0.4) is 0 Å². The Hall–Kier alpha value is -3.54. The Kier molecular flexibility index (Phi) is 21.1. The molecule has 13 atom stereocenters. The van der Waals surface area contributed by atoms with Gasteiger partial charge in [0.05, 0.1) is 35.7 Å². The second-order valence-electron chi connectivity index (χ2n) is 17.0. The SMILES string of the molecule is C.C.C.C.CC[C@H]1OC(=O)[C@H](C)C(=O)[C@H](C)[C@@H](O[C@@H]2OC(C)CC(N(C)C)C2O)[C@](C)(OC)C[C@@H](C)CN[C@H](C)[C@H]2N(CCCn3cc(-c4ccccn4)nn3)C(=O)O[C@]12C. The first-order chi connectivity index (χ1) is 26.9. The molecule has 2 aromatic heterocycles. The van der Waals surface area contributed by atoms with Crippen LogP contribution in [-0.2, 0) is 39.8 Å². The minimum atomic E-state index is -1.24. The van der Waals surface area contributed by atoms with Crippen molar-refractivity contribution < 1.29 is 43.2 Å². The molecule has 3 aliphatic rings. The summed E-state index contributed by atoms with van der Waals surface area (Å²) in [7, 11) is 5.39. The molecule has 1 amide bonds. The summed E-state index contributed by atoms with van der Waals surface area (Å²) in [5.74, 6) is -3.18. The van der Waals surface area contributed by atoms with E-state index in [9.17, 15) is 19.5 Å². The van der Waals surface area contributed by atoms with Crippen molar-refractivity contribution in [1.82, 2.24) is 35.1 Å². The number of cyclic esters (lactones) is 1. The van der Waals surface area contributed by atoms with Gasteiger partial charge in [-0.15, -0.1) is 5.10 Å². The number of pyridine rings is 1. The third kappa shape index (κ3) is 12.1. The van der Waals surface area contributed by atoms with E-state index in [1.807, 2.05) is 78.0 Å². The molecule has 16 nitrogen and oxygen atoms in total. The summed E-state index contributed by atoms with van der Waals surface area (Å²) in [6.45, 7) is 16.2. The summed E-state index contributed by atoms with van der Waals surface area (Å²) in [6, 6.07) is 4.53. The van der Waals surface area contributed by atoms with E-state index >= 15 is 0 Å². The van der Waals surface area contributed by atoms with Crippen molar-refractivity contribution >= 4 is 17.8 Å². The number of aliphatic hydroxyl groups excluding tert-OH is 1. The van der Waals surface area contributed by atoms with E-state index in [4.69, 9.17) is 23.7 Å². The summed E-state index contributed by atoms with van der Waals surface area (Å²) >= 11 is 0. The Labute approximate surface area is 366 Å². The smallest absolute Gasteiger partial charge is 0.410 e. The molecule has 61 heavy (non-hydrogen) atoms. The molecule has 3 fully saturated rings. The van der Waals surface area contributed by atoms with Crippen LogP contribution in [0.1, 0.15) is 111 Å². The number of aromatic nitrogens is 4. The van der Waals surface area contributed by atoms with E-state index in [1.54, 1.807) is 29.8 Å². The molecule has 350 valence electrons. The van der Waals surface area contributed by atoms with Crippen LogP contribution in [0, 0.1) is 17.8 Å². The highest BCUT2D eigenvalue weighted by Gasteiger charge is 2.58. The zero-order valence-corrected chi connectivity index (χ0v) is 35.6. The standard InChI is InChI=1S/C41H65N7O9.4CH4/c1-12-32-41(8)35(48(39(52)57-41)19-15-18-47-23-30(44-45-47)29-16-13-14-17-42-29)28(6)43-22-24(2)21-40(7,53-11)36(26(4)33(49)27(5)37(51)55-32)56-38-34(50)31(46(9)10)20-25(3)54-38;;;;/h13-14,16-17,23-28,31-32,34-36,38,43,50H,12,15,18-22H2,1-11H3;4*1H4/t24-,25?,26+,27-,28-,31?,32-,34?,35-,36-,38+,40-,41-;;;;/m1..../s1. The van der Waals surface area contributed by atoms with E-state index in [0.29, 0.717) is 51.0 Å². The average Bonchev–Trinajstić information content (AvgIpc) is 3.76. The van der Waals surface area contributed by atoms with Crippen molar-refractivity contribution in [3.05, 3.63) is 30.6 Å². The molecular weight excluding hydrogens is 783 g/mol. The van der Waals surface area contributed by atoms with E-state index in [0.717, 1.165) is 5.69 Å². The Balaban J connectivity index is 0.00000465. The lowest BCUT2D eigenvalue weighted by molar-refractivity contribution is -0.295. The van der Waals surface area contributed by atoms with Crippen molar-refractivity contribution in [2.24, 2.45) is 17.8 Å². The number of methoxy groups -OCH3 is 1. The van der Waals surface area contributed by atoms with Gasteiger partial charge in [0.25, 0.3) is 0 Å². The van der Waals surface area contributed by atoms with Crippen LogP contribution in [0.25, 0.3) is 11.4 Å². The number of esters is 1. The largest absolute Gasteiger partial charge is 0.458 e. The minimum absolute atomic E-state index is 0. The monoisotopic (exact) mass is 864 g/mol. The second-order valence-corrected chi connectivity index (χ2v) is 17.0. The highest BCUT2D eigenvalue weighted by Crippen LogP contribution is 2.40. The molecule has 0 spiro atoms. The van der Waals surface area contributed by atoms with Crippen molar-refractivity contribution in [2.75, 3.05) is 34.3 Å². The lowest BCUT2D eigenvalue weighted by Gasteiger charge is -2.46. The van der Waals surface area contributed by atoms with Gasteiger partial charge in [-0.25, -0.2) is 4.79 Å². The molecule has 0 saturated carbocycles. The van der Waals surface area contributed by atoms with E-state index in [1.165, 1.54) is 6.92 Å². The fourth-order valence-electron chi connectivity index (χ4n) is 9.10. The van der Waals surface area contributed by atoms with Gasteiger partial charge in [-0.3, -0.25) is 24.2 Å². The molecular formula is C45H81N7O9. The number of ether oxygens (including phenoxy) is 5. The number of carbonyl (C=O) groups excluding carboxylic acids is 3. The quantitative estimate of drug-likeness (QED) is 0.202. The van der Waals surface area contributed by atoms with Gasteiger partial charge in [0.15, 0.2) is 17.7 Å². The third-order valence-corrected chi connectivity index (χ3v) is 12.3. The van der Waals surface area contributed by atoms with Crippen LogP contribution in [-0.4, -0.2) is 147 Å². The fraction of sp³-hybridized carbons (Fsp3) is 0.778. The van der Waals surface area contributed by atoms with Gasteiger partial charge in [0.2, 0.25) is 0 Å². The molecule has 2 aromatic rings. The average molecular weight is 864 g/mol. The molecule has 16 heteroatoms. The first kappa shape index (κ1) is 55.5. The number of hydrogen-bond acceptors (Lipinski definition) is 14. The lowest BCUT2D eigenvalue weighted by Crippen LogP contribution is -2.61. The Morgan fingerprint density at radius 1 is 1.02 bits per heavy atom. The number of hydrogen-bond donors (Lipinski definition) is 2. The first-order valence-corrected chi connectivity index (χ1v) is 20.4. The zero-order chi connectivity index (χ0) is 41.8. The lowest BCUT2D eigenvalue weighted by atomic mass is 9.78. The van der Waals surface area contributed by atoms with E-state index in [2.05, 4.69) is 27.5 Å². The van der Waals surface area contributed by atoms with Crippen LogP contribution in [0.4, 0.5) is 4.79 Å². The third-order valence-electron chi connectivity index (χ3n) is 12.3. The number of ketones is 1. The number of aliphatic hydroxyl groups is 1. The van der Waals surface area contributed by atoms with Crippen molar-refractivity contribution in [3.63, 3.8) is 0 Å². The number of carbonyl (C=O) groups is 3. The fourth-order valence-corrected chi connectivity index (χ4v) is 9.10. The second kappa shape index (κ2) is 23.2. The van der Waals surface area contributed by atoms with Gasteiger partial charge in [0.1, 0.15) is 23.8 Å². The number of nitrogens with zero attached hydrogens (tertiary/aromatic N) is 6. The summed E-state index contributed by atoms with van der Waals surface area (Å²) in [4.78, 5) is 50.2. The molecule has 0 aliphatic carbocycles. The highest BCUT2D eigenvalue weighted by atomic mass is 16.7. The molecule has 2 N–H and O–H groups in total. The molecule has 0 aromatic carbocycles. The molecule has 5 heterocycles. The maximum atomic E-state index is 14.4. The summed E-state index contributed by atoms with van der Waals surface area (Å²) in [6.07, 6.45) is 0.990. The number of Topliss-reactive ketones (excluding diaryl/α,β-unsaturated/α-hetero) is 1. The number of fused-ring (bicyclic) bond motifs is 1. The van der Waals surface area contributed by atoms with Crippen LogP contribution >= 0.6 is 0 Å². The maximum absolute atomic E-state index is 14.4. The maximum Gasteiger partial charge on any atom is 0.410 e. The highest BCUT2D eigenvalue weighted by molar-refractivity contribution is 6.00. The predicted octanol–water partition coefficient (Wildman–Crippen LogP) is 6.25. The predicted molar refractivity (Wildman–Crippen MR) is 238 cm³/mol. The molecule has 3 unspecified atom stereocenters. The zero-order valence-electron chi connectivity index (χ0n) is 35.6. The van der Waals surface area contributed by atoms with Gasteiger partial charge in [-0.05, 0) is 99.0 Å². The Morgan fingerprint density at radius 3 is 2.31 bits per heavy atom. The van der Waals surface area contributed by atoms with Crippen molar-refractivity contribution in [2.45, 2.75) is 177 Å². The number of likely N-dealkylation sites (N-methyl/N-ethyl adjacent to an activating group) is 1. The van der Waals surface area contributed by atoms with E-state index in [-0.39, 0.29) is 53.8 Å². The van der Waals surface area contributed by atoms with Crippen molar-refractivity contribution in [1.29, 1.82) is 0 Å². The van der Waals surface area contributed by atoms with Gasteiger partial charge in [-0.1, -0.05) is 61.8 Å². The molecule has 3 saturated heterocycles. The van der Waals surface area contributed by atoms with Crippen LogP contribution in [0.2, 0.25) is 0 Å². The topological polar surface area (TPSA) is 180 Å². The van der Waals surface area contributed by atoms with Crippen molar-refractivity contribution in [3.8, 4) is 11.4 Å². The Morgan fingerprint density at radius 2 is 1.70 bits per heavy atom. The molecule has 0 radical (unpaired) electrons. The minimum Gasteiger partial charge on any atom is -0.458 e. The summed E-state index contributed by atoms with van der Waals surface area (Å²) < 4.78 is 33.2. The molecule has 5 rings (SSSR count). The first-order valence-electron chi connectivity index (χ1n) is 20.4. The van der Waals surface area contributed by atoms with E-state index < -0.39 is 71.5 Å². The van der Waals surface area contributed by atoms with Crippen LogP contribution in [0.5, 0.6) is 0 Å². The van der Waals surface area contributed by atoms with Gasteiger partial charge in [0, 0.05) is 44.4 Å². The van der Waals surface area contributed by atoms with Crippen LogP contribution < -0.4 is 5.32 Å². The summed E-state index contributed by atoms with van der Waals surface area (Å²) in [5.41, 5.74) is -0.915. The van der Waals surface area contributed by atoms with Gasteiger partial charge in [-0.2, -0.15) is 0 Å². The van der Waals surface area contributed by atoms with Gasteiger partial charge < -0.3 is 39.0 Å². The number of rotatable bonds is 10. The molecule has 3 aliphatic heterocycles. The summed E-state index contributed by atoms with van der Waals surface area (Å²) in [5, 5.41) is 23.6. The van der Waals surface area contributed by atoms with Gasteiger partial charge >= 0.3 is 12.1 Å².